The van der Waals surface area contributed by atoms with E-state index in [0.29, 0.717) is 12.2 Å². The summed E-state index contributed by atoms with van der Waals surface area (Å²) in [4.78, 5) is 11.5. The average molecular weight is 343 g/mol. The van der Waals surface area contributed by atoms with Crippen LogP contribution in [0.1, 0.15) is 30.5 Å². The van der Waals surface area contributed by atoms with Crippen molar-refractivity contribution < 1.29 is 9.53 Å². The van der Waals surface area contributed by atoms with E-state index in [0.717, 1.165) is 21.1 Å². The summed E-state index contributed by atoms with van der Waals surface area (Å²) in [5, 5.41) is 9.16. The molecule has 1 aromatic carbocycles. The van der Waals surface area contributed by atoms with E-state index in [1.807, 2.05) is 19.1 Å². The highest BCUT2D eigenvalue weighted by atomic mass is 127. The van der Waals surface area contributed by atoms with Gasteiger partial charge < -0.3 is 4.74 Å². The van der Waals surface area contributed by atoms with Crippen LogP contribution in [-0.2, 0) is 22.4 Å². The van der Waals surface area contributed by atoms with Crippen molar-refractivity contribution in [2.45, 2.75) is 26.7 Å². The van der Waals surface area contributed by atoms with Gasteiger partial charge in [0.25, 0.3) is 0 Å². The largest absolute Gasteiger partial charge is 0.466 e. The van der Waals surface area contributed by atoms with Crippen LogP contribution in [0.4, 0.5) is 0 Å². The molecule has 0 saturated heterocycles. The second kappa shape index (κ2) is 6.60. The number of esters is 1. The molecule has 0 aliphatic heterocycles. The average Bonchev–Trinajstić information content (AvgIpc) is 2.30. The summed E-state index contributed by atoms with van der Waals surface area (Å²) in [6.07, 6.45) is 0.983. The van der Waals surface area contributed by atoms with Gasteiger partial charge >= 0.3 is 5.97 Å². The number of hydrogen-bond acceptors (Lipinski definition) is 3. The molecule has 0 bridgehead atoms. The van der Waals surface area contributed by atoms with Crippen molar-refractivity contribution in [1.29, 1.82) is 5.26 Å². The highest BCUT2D eigenvalue weighted by Gasteiger charge is 2.15. The highest BCUT2D eigenvalue weighted by molar-refractivity contribution is 14.1. The topological polar surface area (TPSA) is 50.1 Å². The van der Waals surface area contributed by atoms with Crippen molar-refractivity contribution in [2.75, 3.05) is 6.61 Å². The first-order chi connectivity index (χ1) is 8.13. The van der Waals surface area contributed by atoms with Crippen LogP contribution in [0.2, 0.25) is 0 Å². The molecule has 0 N–H and O–H groups in total. The summed E-state index contributed by atoms with van der Waals surface area (Å²) in [6.45, 7) is 4.16. The molecule has 0 aliphatic rings. The summed E-state index contributed by atoms with van der Waals surface area (Å²) in [5.41, 5.74) is 2.44. The summed E-state index contributed by atoms with van der Waals surface area (Å²) in [5.74, 6) is -0.277. The summed E-state index contributed by atoms with van der Waals surface area (Å²) >= 11 is 2.11. The van der Waals surface area contributed by atoms with Crippen LogP contribution in [0.3, 0.4) is 0 Å². The summed E-state index contributed by atoms with van der Waals surface area (Å²) in [6, 6.07) is 6.05. The quantitative estimate of drug-likeness (QED) is 0.624. The van der Waals surface area contributed by atoms with Crippen molar-refractivity contribution in [2.24, 2.45) is 0 Å². The van der Waals surface area contributed by atoms with Crippen molar-refractivity contribution >= 4 is 28.6 Å². The third-order valence-electron chi connectivity index (χ3n) is 2.48. The lowest BCUT2D eigenvalue weighted by Gasteiger charge is -2.10. The van der Waals surface area contributed by atoms with E-state index >= 15 is 0 Å². The molecule has 0 unspecified atom stereocenters. The van der Waals surface area contributed by atoms with Gasteiger partial charge in [-0.1, -0.05) is 13.0 Å². The molecule has 0 fully saturated rings. The molecule has 0 aromatic heterocycles. The third-order valence-corrected chi connectivity index (χ3v) is 3.38. The molecule has 17 heavy (non-hydrogen) atoms. The Balaban J connectivity index is 3.15. The Bertz CT molecular complexity index is 463. The Morgan fingerprint density at radius 3 is 2.71 bits per heavy atom. The molecule has 90 valence electrons. The fourth-order valence-corrected chi connectivity index (χ4v) is 2.30. The number of carbonyl (C=O) groups excluding carboxylic acids is 1. The highest BCUT2D eigenvalue weighted by Crippen LogP contribution is 2.22. The minimum absolute atomic E-state index is 0.177. The van der Waals surface area contributed by atoms with Crippen molar-refractivity contribution in [3.63, 3.8) is 0 Å². The van der Waals surface area contributed by atoms with Crippen LogP contribution < -0.4 is 0 Å². The van der Waals surface area contributed by atoms with Crippen LogP contribution in [0.25, 0.3) is 0 Å². The SMILES string of the molecule is CCOC(=O)Cc1c(CC)ccc(I)c1C#N. The van der Waals surface area contributed by atoms with E-state index in [4.69, 9.17) is 10.00 Å². The van der Waals surface area contributed by atoms with Gasteiger partial charge in [0.05, 0.1) is 18.6 Å². The van der Waals surface area contributed by atoms with Crippen molar-refractivity contribution in [3.8, 4) is 6.07 Å². The van der Waals surface area contributed by atoms with Crippen LogP contribution in [0.5, 0.6) is 0 Å². The molecule has 0 radical (unpaired) electrons. The predicted molar refractivity (Wildman–Crippen MR) is 73.6 cm³/mol. The lowest BCUT2D eigenvalue weighted by Crippen LogP contribution is -2.11. The van der Waals surface area contributed by atoms with Crippen molar-refractivity contribution in [3.05, 3.63) is 32.4 Å². The smallest absolute Gasteiger partial charge is 0.310 e. The fraction of sp³-hybridized carbons (Fsp3) is 0.385. The number of benzene rings is 1. The number of carbonyl (C=O) groups is 1. The minimum Gasteiger partial charge on any atom is -0.466 e. The van der Waals surface area contributed by atoms with E-state index in [1.54, 1.807) is 6.92 Å². The summed E-state index contributed by atoms with van der Waals surface area (Å²) < 4.78 is 5.81. The molecule has 0 aliphatic carbocycles. The Hall–Kier alpha value is -1.09. The zero-order valence-corrected chi connectivity index (χ0v) is 12.1. The van der Waals surface area contributed by atoms with Gasteiger partial charge in [-0.3, -0.25) is 4.79 Å². The summed E-state index contributed by atoms with van der Waals surface area (Å²) in [7, 11) is 0. The van der Waals surface area contributed by atoms with E-state index in [2.05, 4.69) is 28.7 Å². The minimum atomic E-state index is -0.277. The molecular weight excluding hydrogens is 329 g/mol. The van der Waals surface area contributed by atoms with Gasteiger partial charge in [-0.15, -0.1) is 0 Å². The Morgan fingerprint density at radius 2 is 2.18 bits per heavy atom. The van der Waals surface area contributed by atoms with Gasteiger partial charge in [-0.25, -0.2) is 0 Å². The van der Waals surface area contributed by atoms with E-state index in [1.165, 1.54) is 0 Å². The molecule has 0 spiro atoms. The molecule has 0 saturated carbocycles. The lowest BCUT2D eigenvalue weighted by atomic mass is 9.97. The maximum atomic E-state index is 11.5. The zero-order valence-electron chi connectivity index (χ0n) is 9.92. The van der Waals surface area contributed by atoms with Gasteiger partial charge in [-0.2, -0.15) is 5.26 Å². The van der Waals surface area contributed by atoms with E-state index in [-0.39, 0.29) is 12.4 Å². The van der Waals surface area contributed by atoms with E-state index in [9.17, 15) is 4.79 Å². The second-order valence-corrected chi connectivity index (χ2v) is 4.67. The standard InChI is InChI=1S/C13H14INO2/c1-3-9-5-6-12(14)11(8-15)10(9)7-13(16)17-4-2/h5-6H,3-4,7H2,1-2H3. The van der Waals surface area contributed by atoms with Gasteiger partial charge in [0.15, 0.2) is 0 Å². The van der Waals surface area contributed by atoms with Crippen LogP contribution in [0.15, 0.2) is 12.1 Å². The van der Waals surface area contributed by atoms with E-state index < -0.39 is 0 Å². The molecule has 0 heterocycles. The number of ether oxygens (including phenoxy) is 1. The number of hydrogen-bond donors (Lipinski definition) is 0. The first-order valence-electron chi connectivity index (χ1n) is 5.50. The zero-order chi connectivity index (χ0) is 12.8. The molecule has 1 rings (SSSR count). The van der Waals surface area contributed by atoms with Gasteiger partial charge in [0.1, 0.15) is 6.07 Å². The number of halogens is 1. The number of rotatable bonds is 4. The molecule has 1 aromatic rings. The fourth-order valence-electron chi connectivity index (χ4n) is 1.67. The molecule has 3 nitrogen and oxygen atoms in total. The normalized spacial score (nSPS) is 9.76. The lowest BCUT2D eigenvalue weighted by molar-refractivity contribution is -0.142. The molecular formula is C13H14INO2. The number of nitrogens with zero attached hydrogens (tertiary/aromatic N) is 1. The predicted octanol–water partition coefficient (Wildman–Crippen LogP) is 2.83. The molecule has 0 amide bonds. The van der Waals surface area contributed by atoms with Crippen LogP contribution in [0, 0.1) is 14.9 Å². The first-order valence-corrected chi connectivity index (χ1v) is 6.57. The Kier molecular flexibility index (Phi) is 5.42. The molecule has 0 atom stereocenters. The number of nitriles is 1. The second-order valence-electron chi connectivity index (χ2n) is 3.51. The Labute approximate surface area is 115 Å². The Morgan fingerprint density at radius 1 is 1.47 bits per heavy atom. The van der Waals surface area contributed by atoms with Crippen LogP contribution in [-0.4, -0.2) is 12.6 Å². The first kappa shape index (κ1) is 14.0. The van der Waals surface area contributed by atoms with Crippen molar-refractivity contribution in [1.82, 2.24) is 0 Å². The third kappa shape index (κ3) is 3.43. The van der Waals surface area contributed by atoms with Gasteiger partial charge in [-0.05, 0) is 53.1 Å². The maximum Gasteiger partial charge on any atom is 0.310 e. The number of aryl methyl sites for hydroxylation is 1. The molecule has 4 heteroatoms. The maximum absolute atomic E-state index is 11.5. The monoisotopic (exact) mass is 343 g/mol. The van der Waals surface area contributed by atoms with Crippen LogP contribution >= 0.6 is 22.6 Å². The van der Waals surface area contributed by atoms with Gasteiger partial charge in [0.2, 0.25) is 0 Å². The van der Waals surface area contributed by atoms with Gasteiger partial charge in [0, 0.05) is 3.57 Å².